The van der Waals surface area contributed by atoms with Gasteiger partial charge in [0.2, 0.25) is 0 Å². The van der Waals surface area contributed by atoms with Crippen LogP contribution in [0, 0.1) is 17.0 Å². The quantitative estimate of drug-likeness (QED) is 0.323. The van der Waals surface area contributed by atoms with E-state index < -0.39 is 16.6 Å². The van der Waals surface area contributed by atoms with Crippen molar-refractivity contribution in [1.82, 2.24) is 10.6 Å². The first-order valence-corrected chi connectivity index (χ1v) is 7.76. The van der Waals surface area contributed by atoms with Crippen molar-refractivity contribution >= 4 is 34.8 Å². The molecule has 0 saturated carbocycles. The van der Waals surface area contributed by atoms with Crippen molar-refractivity contribution < 1.29 is 14.5 Å². The molecule has 3 N–H and O–H groups in total. The fraction of sp³-hybridized carbons (Fsp3) is 0.467. The number of ether oxygens (including phenoxy) is 1. The van der Waals surface area contributed by atoms with Crippen LogP contribution in [0.1, 0.15) is 26.3 Å². The lowest BCUT2D eigenvalue weighted by molar-refractivity contribution is -0.385. The number of carbonyl (C=O) groups is 1. The van der Waals surface area contributed by atoms with E-state index in [4.69, 9.17) is 17.0 Å². The van der Waals surface area contributed by atoms with Crippen LogP contribution >= 0.6 is 12.2 Å². The standard InChI is InChI=1S/C15H22N4O4S/c1-10-11(6-5-7-12(10)19(21)22)18-13(24)16-8-9-17-14(20)23-15(2,3)4/h5-7H,8-9H2,1-4H3,(H,17,20)(H2,16,18,24). The second-order valence-corrected chi connectivity index (χ2v) is 6.42. The number of amides is 1. The fourth-order valence-electron chi connectivity index (χ4n) is 1.78. The van der Waals surface area contributed by atoms with Crippen LogP contribution in [0.15, 0.2) is 18.2 Å². The highest BCUT2D eigenvalue weighted by Crippen LogP contribution is 2.24. The number of benzene rings is 1. The molecule has 0 radical (unpaired) electrons. The number of anilines is 1. The molecule has 1 amide bonds. The van der Waals surface area contributed by atoms with E-state index >= 15 is 0 Å². The molecule has 1 aromatic carbocycles. The summed E-state index contributed by atoms with van der Waals surface area (Å²) in [7, 11) is 0. The summed E-state index contributed by atoms with van der Waals surface area (Å²) < 4.78 is 5.10. The molecule has 0 bridgehead atoms. The third-order valence-corrected chi connectivity index (χ3v) is 3.08. The van der Waals surface area contributed by atoms with E-state index in [0.29, 0.717) is 29.5 Å². The van der Waals surface area contributed by atoms with Gasteiger partial charge in [0.05, 0.1) is 10.5 Å². The maximum absolute atomic E-state index is 11.5. The van der Waals surface area contributed by atoms with E-state index in [9.17, 15) is 14.9 Å². The van der Waals surface area contributed by atoms with Gasteiger partial charge in [-0.15, -0.1) is 0 Å². The molecule has 0 unspecified atom stereocenters. The number of thiocarbonyl (C=S) groups is 1. The van der Waals surface area contributed by atoms with Crippen LogP contribution in [-0.2, 0) is 4.74 Å². The molecule has 8 nitrogen and oxygen atoms in total. The molecule has 24 heavy (non-hydrogen) atoms. The summed E-state index contributed by atoms with van der Waals surface area (Å²) in [5.41, 5.74) is 0.531. The predicted octanol–water partition coefficient (Wildman–Crippen LogP) is 2.71. The van der Waals surface area contributed by atoms with Gasteiger partial charge in [-0.3, -0.25) is 10.1 Å². The van der Waals surface area contributed by atoms with Gasteiger partial charge in [-0.2, -0.15) is 0 Å². The third kappa shape index (κ3) is 6.78. The summed E-state index contributed by atoms with van der Waals surface area (Å²) >= 11 is 5.14. The zero-order valence-electron chi connectivity index (χ0n) is 14.1. The Hall–Kier alpha value is -2.42. The molecule has 1 rings (SSSR count). The monoisotopic (exact) mass is 354 g/mol. The topological polar surface area (TPSA) is 106 Å². The summed E-state index contributed by atoms with van der Waals surface area (Å²) in [5.74, 6) is 0. The van der Waals surface area contributed by atoms with Crippen LogP contribution < -0.4 is 16.0 Å². The SMILES string of the molecule is Cc1c(NC(=S)NCCNC(=O)OC(C)(C)C)cccc1[N+](=O)[O-]. The van der Waals surface area contributed by atoms with Crippen molar-refractivity contribution in [2.24, 2.45) is 0 Å². The van der Waals surface area contributed by atoms with Crippen LogP contribution in [0.25, 0.3) is 0 Å². The molecule has 132 valence electrons. The fourth-order valence-corrected chi connectivity index (χ4v) is 1.99. The third-order valence-electron chi connectivity index (χ3n) is 2.83. The normalized spacial score (nSPS) is 10.7. The second kappa shape index (κ2) is 8.44. The van der Waals surface area contributed by atoms with Gasteiger partial charge in [-0.25, -0.2) is 4.79 Å². The molecule has 9 heteroatoms. The van der Waals surface area contributed by atoms with Gasteiger partial charge in [-0.05, 0) is 46.0 Å². The number of hydrogen-bond donors (Lipinski definition) is 3. The van der Waals surface area contributed by atoms with Gasteiger partial charge in [0, 0.05) is 24.8 Å². The van der Waals surface area contributed by atoms with Crippen molar-refractivity contribution in [3.8, 4) is 0 Å². The Bertz CT molecular complexity index is 628. The molecule has 0 aliphatic heterocycles. The van der Waals surface area contributed by atoms with Gasteiger partial charge in [0.25, 0.3) is 5.69 Å². The summed E-state index contributed by atoms with van der Waals surface area (Å²) in [5, 5.41) is 19.6. The highest BCUT2D eigenvalue weighted by Gasteiger charge is 2.16. The van der Waals surface area contributed by atoms with Crippen LogP contribution in [-0.4, -0.2) is 34.8 Å². The molecule has 0 spiro atoms. The number of alkyl carbamates (subject to hydrolysis) is 1. The summed E-state index contributed by atoms with van der Waals surface area (Å²) in [6.07, 6.45) is -0.502. The van der Waals surface area contributed by atoms with E-state index in [1.165, 1.54) is 6.07 Å². The molecule has 0 aliphatic rings. The van der Waals surface area contributed by atoms with E-state index in [1.807, 2.05) is 0 Å². The molecule has 0 saturated heterocycles. The number of nitro groups is 1. The molecule has 0 aliphatic carbocycles. The van der Waals surface area contributed by atoms with Crippen molar-refractivity contribution in [1.29, 1.82) is 0 Å². The number of nitrogens with zero attached hydrogens (tertiary/aromatic N) is 1. The maximum Gasteiger partial charge on any atom is 0.407 e. The van der Waals surface area contributed by atoms with Crippen LogP contribution in [0.3, 0.4) is 0 Å². The Kier molecular flexibility index (Phi) is 6.90. The Labute approximate surface area is 146 Å². The summed E-state index contributed by atoms with van der Waals surface area (Å²) in [6.45, 7) is 7.71. The minimum absolute atomic E-state index is 0.0226. The van der Waals surface area contributed by atoms with Crippen LogP contribution in [0.2, 0.25) is 0 Å². The van der Waals surface area contributed by atoms with Gasteiger partial charge in [0.15, 0.2) is 5.11 Å². The minimum Gasteiger partial charge on any atom is -0.444 e. The van der Waals surface area contributed by atoms with Gasteiger partial charge >= 0.3 is 6.09 Å². The Balaban J connectivity index is 2.41. The Morgan fingerprint density at radius 1 is 1.29 bits per heavy atom. The smallest absolute Gasteiger partial charge is 0.407 e. The first-order chi connectivity index (χ1) is 11.1. The Morgan fingerprint density at radius 2 is 1.92 bits per heavy atom. The molecule has 0 heterocycles. The number of nitrogens with one attached hydrogen (secondary N) is 3. The molecule has 0 fully saturated rings. The number of rotatable bonds is 5. The van der Waals surface area contributed by atoms with E-state index in [1.54, 1.807) is 39.8 Å². The van der Waals surface area contributed by atoms with Crippen LogP contribution in [0.5, 0.6) is 0 Å². The lowest BCUT2D eigenvalue weighted by Gasteiger charge is -2.19. The molecule has 1 aromatic rings. The largest absolute Gasteiger partial charge is 0.444 e. The minimum atomic E-state index is -0.548. The predicted molar refractivity (Wildman–Crippen MR) is 96.3 cm³/mol. The van der Waals surface area contributed by atoms with Crippen molar-refractivity contribution in [2.45, 2.75) is 33.3 Å². The number of carbonyl (C=O) groups excluding carboxylic acids is 1. The second-order valence-electron chi connectivity index (χ2n) is 6.02. The van der Waals surface area contributed by atoms with Gasteiger partial charge < -0.3 is 20.7 Å². The Morgan fingerprint density at radius 3 is 2.50 bits per heavy atom. The number of nitro benzene ring substituents is 1. The van der Waals surface area contributed by atoms with Gasteiger partial charge in [-0.1, -0.05) is 6.07 Å². The summed E-state index contributed by atoms with van der Waals surface area (Å²) in [6, 6.07) is 4.72. The highest BCUT2D eigenvalue weighted by molar-refractivity contribution is 7.80. The van der Waals surface area contributed by atoms with E-state index in [-0.39, 0.29) is 5.69 Å². The van der Waals surface area contributed by atoms with Crippen molar-refractivity contribution in [3.63, 3.8) is 0 Å². The first-order valence-electron chi connectivity index (χ1n) is 7.36. The lowest BCUT2D eigenvalue weighted by Crippen LogP contribution is -2.39. The average Bonchev–Trinajstić information content (AvgIpc) is 2.43. The van der Waals surface area contributed by atoms with E-state index in [0.717, 1.165) is 0 Å². The van der Waals surface area contributed by atoms with Crippen molar-refractivity contribution in [2.75, 3.05) is 18.4 Å². The number of hydrogen-bond acceptors (Lipinski definition) is 5. The molecular formula is C15H22N4O4S. The molecular weight excluding hydrogens is 332 g/mol. The summed E-state index contributed by atoms with van der Waals surface area (Å²) in [4.78, 5) is 21.9. The van der Waals surface area contributed by atoms with E-state index in [2.05, 4.69) is 16.0 Å². The average molecular weight is 354 g/mol. The zero-order chi connectivity index (χ0) is 18.3. The first kappa shape index (κ1) is 19.6. The molecule has 0 atom stereocenters. The molecule has 0 aromatic heterocycles. The van der Waals surface area contributed by atoms with Crippen molar-refractivity contribution in [3.05, 3.63) is 33.9 Å². The van der Waals surface area contributed by atoms with Crippen LogP contribution in [0.4, 0.5) is 16.2 Å². The zero-order valence-corrected chi connectivity index (χ0v) is 15.0. The maximum atomic E-state index is 11.5. The lowest BCUT2D eigenvalue weighted by atomic mass is 10.1. The highest BCUT2D eigenvalue weighted by atomic mass is 32.1. The van der Waals surface area contributed by atoms with Gasteiger partial charge in [0.1, 0.15) is 5.60 Å².